The summed E-state index contributed by atoms with van der Waals surface area (Å²) in [6.45, 7) is 5.32. The minimum absolute atomic E-state index is 0.0173. The van der Waals surface area contributed by atoms with Crippen molar-refractivity contribution in [2.24, 2.45) is 0 Å². The Kier molecular flexibility index (Phi) is 5.05. The Hall–Kier alpha value is -2.51. The number of carbonyl (C=O) groups is 1. The van der Waals surface area contributed by atoms with E-state index >= 15 is 0 Å². The van der Waals surface area contributed by atoms with E-state index in [1.165, 1.54) is 16.3 Å². The van der Waals surface area contributed by atoms with Crippen molar-refractivity contribution in [1.29, 1.82) is 0 Å². The van der Waals surface area contributed by atoms with Gasteiger partial charge < -0.3 is 4.90 Å². The Morgan fingerprint density at radius 1 is 1.19 bits per heavy atom. The molecule has 1 aliphatic heterocycles. The van der Waals surface area contributed by atoms with Gasteiger partial charge in [0.05, 0.1) is 17.2 Å². The maximum absolute atomic E-state index is 12.8. The number of fused-ring (bicyclic) bond motifs is 1. The van der Waals surface area contributed by atoms with Crippen molar-refractivity contribution in [2.45, 2.75) is 19.5 Å². The molecule has 0 aliphatic carbocycles. The topological polar surface area (TPSA) is 58.4 Å². The van der Waals surface area contributed by atoms with Crippen molar-refractivity contribution in [1.82, 2.24) is 19.4 Å². The first kappa shape index (κ1) is 17.9. The zero-order valence-electron chi connectivity index (χ0n) is 15.2. The largest absolute Gasteiger partial charge is 0.339 e. The summed E-state index contributed by atoms with van der Waals surface area (Å²) in [5.74, 6) is -0.0173. The molecule has 1 aliphatic rings. The number of amides is 1. The van der Waals surface area contributed by atoms with Gasteiger partial charge in [-0.05, 0) is 41.4 Å². The average molecular weight is 382 g/mol. The Balaban J connectivity index is 1.43. The standard InChI is InChI=1S/C20H22N4O2S/c1-15(16-6-11-27-14-16)22-7-9-23(10-8-22)20(26)13-24-18-5-3-2-4-17(18)21-12-19(24)25/h2-6,11-12,14-15H,7-10,13H2,1H3. The lowest BCUT2D eigenvalue weighted by Gasteiger charge is -2.38. The molecule has 3 aromatic rings. The third-order valence-electron chi connectivity index (χ3n) is 5.29. The zero-order chi connectivity index (χ0) is 18.8. The molecule has 0 N–H and O–H groups in total. The number of nitrogens with zero attached hydrogens (tertiary/aromatic N) is 4. The number of benzene rings is 1. The van der Waals surface area contributed by atoms with E-state index in [4.69, 9.17) is 0 Å². The van der Waals surface area contributed by atoms with Crippen molar-refractivity contribution in [3.63, 3.8) is 0 Å². The molecule has 7 heteroatoms. The Morgan fingerprint density at radius 3 is 2.70 bits per heavy atom. The highest BCUT2D eigenvalue weighted by atomic mass is 32.1. The number of aromatic nitrogens is 2. The summed E-state index contributed by atoms with van der Waals surface area (Å²) in [5.41, 5.74) is 2.50. The number of rotatable bonds is 4. The molecule has 6 nitrogen and oxygen atoms in total. The van der Waals surface area contributed by atoms with Crippen LogP contribution in [0.1, 0.15) is 18.5 Å². The third kappa shape index (κ3) is 3.65. The molecule has 0 bridgehead atoms. The highest BCUT2D eigenvalue weighted by Crippen LogP contribution is 2.23. The molecule has 27 heavy (non-hydrogen) atoms. The number of hydrogen-bond acceptors (Lipinski definition) is 5. The predicted octanol–water partition coefficient (Wildman–Crippen LogP) is 2.36. The van der Waals surface area contributed by atoms with E-state index in [1.54, 1.807) is 11.3 Å². The fourth-order valence-corrected chi connectivity index (χ4v) is 4.34. The van der Waals surface area contributed by atoms with Gasteiger partial charge in [0.2, 0.25) is 5.91 Å². The Morgan fingerprint density at radius 2 is 1.96 bits per heavy atom. The van der Waals surface area contributed by atoms with Crippen LogP contribution in [-0.2, 0) is 11.3 Å². The molecule has 4 rings (SSSR count). The minimum Gasteiger partial charge on any atom is -0.339 e. The van der Waals surface area contributed by atoms with Crippen LogP contribution in [0.25, 0.3) is 11.0 Å². The number of piperazine rings is 1. The smallest absolute Gasteiger partial charge is 0.269 e. The highest BCUT2D eigenvalue weighted by molar-refractivity contribution is 7.07. The molecule has 1 saturated heterocycles. The monoisotopic (exact) mass is 382 g/mol. The van der Waals surface area contributed by atoms with Gasteiger partial charge in [-0.3, -0.25) is 19.1 Å². The lowest BCUT2D eigenvalue weighted by molar-refractivity contribution is -0.133. The summed E-state index contributed by atoms with van der Waals surface area (Å²) in [7, 11) is 0. The number of carbonyl (C=O) groups excluding carboxylic acids is 1. The molecular weight excluding hydrogens is 360 g/mol. The molecular formula is C20H22N4O2S. The normalized spacial score (nSPS) is 16.6. The van der Waals surface area contributed by atoms with Gasteiger partial charge in [-0.15, -0.1) is 0 Å². The fraction of sp³-hybridized carbons (Fsp3) is 0.350. The molecule has 1 amide bonds. The average Bonchev–Trinajstić information content (AvgIpc) is 3.24. The summed E-state index contributed by atoms with van der Waals surface area (Å²) in [6, 6.07) is 9.93. The highest BCUT2D eigenvalue weighted by Gasteiger charge is 2.25. The minimum atomic E-state index is -0.244. The maximum atomic E-state index is 12.8. The summed E-state index contributed by atoms with van der Waals surface area (Å²) in [6.07, 6.45) is 1.29. The van der Waals surface area contributed by atoms with Crippen LogP contribution < -0.4 is 5.56 Å². The molecule has 140 valence electrons. The van der Waals surface area contributed by atoms with E-state index in [0.29, 0.717) is 24.6 Å². The molecule has 1 fully saturated rings. The van der Waals surface area contributed by atoms with Gasteiger partial charge in [0.1, 0.15) is 6.54 Å². The van der Waals surface area contributed by atoms with Gasteiger partial charge in [-0.25, -0.2) is 4.98 Å². The van der Waals surface area contributed by atoms with Crippen molar-refractivity contribution in [2.75, 3.05) is 26.2 Å². The quantitative estimate of drug-likeness (QED) is 0.695. The van der Waals surface area contributed by atoms with Crippen molar-refractivity contribution < 1.29 is 4.79 Å². The maximum Gasteiger partial charge on any atom is 0.269 e. The molecule has 0 radical (unpaired) electrons. The lowest BCUT2D eigenvalue weighted by atomic mass is 10.1. The van der Waals surface area contributed by atoms with Crippen LogP contribution in [0, 0.1) is 0 Å². The number of para-hydroxylation sites is 2. The van der Waals surface area contributed by atoms with Crippen LogP contribution in [0.15, 0.2) is 52.1 Å². The first-order valence-corrected chi connectivity index (χ1v) is 10.1. The van der Waals surface area contributed by atoms with Gasteiger partial charge in [0, 0.05) is 32.2 Å². The molecule has 3 heterocycles. The van der Waals surface area contributed by atoms with Crippen LogP contribution in [0.4, 0.5) is 0 Å². The van der Waals surface area contributed by atoms with Crippen LogP contribution in [0.3, 0.4) is 0 Å². The molecule has 1 atom stereocenters. The van der Waals surface area contributed by atoms with Crippen molar-refractivity contribution in [3.05, 3.63) is 63.2 Å². The van der Waals surface area contributed by atoms with Gasteiger partial charge in [0.25, 0.3) is 5.56 Å². The van der Waals surface area contributed by atoms with Crippen LogP contribution in [0.2, 0.25) is 0 Å². The summed E-state index contributed by atoms with van der Waals surface area (Å²) < 4.78 is 1.52. The van der Waals surface area contributed by atoms with Gasteiger partial charge >= 0.3 is 0 Å². The van der Waals surface area contributed by atoms with Gasteiger partial charge in [-0.2, -0.15) is 11.3 Å². The Labute approximate surface area is 161 Å². The van der Waals surface area contributed by atoms with Crippen LogP contribution >= 0.6 is 11.3 Å². The molecule has 0 saturated carbocycles. The molecule has 2 aromatic heterocycles. The van der Waals surface area contributed by atoms with E-state index in [0.717, 1.165) is 18.6 Å². The summed E-state index contributed by atoms with van der Waals surface area (Å²) >= 11 is 1.71. The zero-order valence-corrected chi connectivity index (χ0v) is 16.1. The molecule has 1 unspecified atom stereocenters. The second-order valence-electron chi connectivity index (χ2n) is 6.82. The van der Waals surface area contributed by atoms with E-state index < -0.39 is 0 Å². The third-order valence-corrected chi connectivity index (χ3v) is 5.99. The summed E-state index contributed by atoms with van der Waals surface area (Å²) in [5, 5.41) is 4.28. The van der Waals surface area contributed by atoms with Crippen LogP contribution in [0.5, 0.6) is 0 Å². The van der Waals surface area contributed by atoms with E-state index in [1.807, 2.05) is 29.2 Å². The lowest BCUT2D eigenvalue weighted by Crippen LogP contribution is -2.50. The van der Waals surface area contributed by atoms with E-state index in [9.17, 15) is 9.59 Å². The predicted molar refractivity (Wildman–Crippen MR) is 107 cm³/mol. The second-order valence-corrected chi connectivity index (χ2v) is 7.60. The fourth-order valence-electron chi connectivity index (χ4n) is 3.60. The first-order valence-electron chi connectivity index (χ1n) is 9.12. The number of thiophene rings is 1. The second kappa shape index (κ2) is 7.62. The van der Waals surface area contributed by atoms with Crippen molar-refractivity contribution >= 4 is 28.3 Å². The van der Waals surface area contributed by atoms with Gasteiger partial charge in [0.15, 0.2) is 0 Å². The van der Waals surface area contributed by atoms with Gasteiger partial charge in [-0.1, -0.05) is 12.1 Å². The SMILES string of the molecule is CC(c1ccsc1)N1CCN(C(=O)Cn2c(=O)cnc3ccccc32)CC1. The Bertz CT molecular complexity index is 991. The summed E-state index contributed by atoms with van der Waals surface area (Å²) in [4.78, 5) is 33.5. The van der Waals surface area contributed by atoms with Crippen molar-refractivity contribution in [3.8, 4) is 0 Å². The molecule has 0 spiro atoms. The van der Waals surface area contributed by atoms with Crippen LogP contribution in [-0.4, -0.2) is 51.4 Å². The number of hydrogen-bond donors (Lipinski definition) is 0. The van der Waals surface area contributed by atoms with E-state index in [2.05, 4.69) is 33.6 Å². The van der Waals surface area contributed by atoms with E-state index in [-0.39, 0.29) is 18.0 Å². The first-order chi connectivity index (χ1) is 13.1. The molecule has 1 aromatic carbocycles.